The molecule has 0 saturated carbocycles. The smallest absolute Gasteiger partial charge is 0.224 e. The monoisotopic (exact) mass is 408 g/mol. The summed E-state index contributed by atoms with van der Waals surface area (Å²) in [5, 5.41) is 10.6. The normalized spacial score (nSPS) is 16.3. The molecule has 2 heterocycles. The van der Waals surface area contributed by atoms with E-state index in [4.69, 9.17) is 4.74 Å². The molecular weight excluding hydrogens is 383 g/mol. The number of methoxy groups -OCH3 is 1. The Kier molecular flexibility index (Phi) is 5.97. The number of rotatable bonds is 6. The van der Waals surface area contributed by atoms with Crippen LogP contribution in [0.3, 0.4) is 0 Å². The number of ether oxygens (including phenoxy) is 1. The topological polar surface area (TPSA) is 70.2 Å². The quantitative estimate of drug-likeness (QED) is 0.654. The second-order valence-electron chi connectivity index (χ2n) is 7.52. The zero-order valence-electron chi connectivity index (χ0n) is 16.9. The minimum Gasteiger partial charge on any atom is -0.497 e. The number of nitrogens with zero attached hydrogens (tertiary/aromatic N) is 2. The maximum Gasteiger partial charge on any atom is 0.224 e. The molecule has 0 bridgehead atoms. The molecule has 3 aromatic rings. The Labute approximate surface area is 175 Å². The highest BCUT2D eigenvalue weighted by molar-refractivity contribution is 5.79. The van der Waals surface area contributed by atoms with E-state index in [1.54, 1.807) is 19.2 Å². The van der Waals surface area contributed by atoms with Crippen molar-refractivity contribution in [3.8, 4) is 17.0 Å². The molecule has 7 heteroatoms. The van der Waals surface area contributed by atoms with Gasteiger partial charge in [0.1, 0.15) is 11.6 Å². The molecule has 1 unspecified atom stereocenters. The fourth-order valence-electron chi connectivity index (χ4n) is 3.76. The molecule has 6 nitrogen and oxygen atoms in total. The van der Waals surface area contributed by atoms with E-state index in [0.717, 1.165) is 47.8 Å². The van der Waals surface area contributed by atoms with Gasteiger partial charge in [0.2, 0.25) is 5.91 Å². The van der Waals surface area contributed by atoms with E-state index in [9.17, 15) is 9.18 Å². The minimum absolute atomic E-state index is 0.0149. The lowest BCUT2D eigenvalue weighted by Gasteiger charge is -2.33. The van der Waals surface area contributed by atoms with E-state index in [0.29, 0.717) is 13.0 Å². The van der Waals surface area contributed by atoms with Crippen LogP contribution in [0.1, 0.15) is 18.4 Å². The number of nitrogens with one attached hydrogen (secondary N) is 2. The van der Waals surface area contributed by atoms with E-state index in [-0.39, 0.29) is 17.8 Å². The van der Waals surface area contributed by atoms with Crippen LogP contribution in [0.15, 0.2) is 54.6 Å². The summed E-state index contributed by atoms with van der Waals surface area (Å²) in [4.78, 5) is 14.7. The SMILES string of the molecule is COc1ccc(CC(=O)NC2CCCN(c3cc(-c4ccc(F)cc4)[nH]n3)C2)cc1. The summed E-state index contributed by atoms with van der Waals surface area (Å²) in [5.41, 5.74) is 2.68. The number of hydrogen-bond donors (Lipinski definition) is 2. The molecule has 1 amide bonds. The van der Waals surface area contributed by atoms with E-state index in [1.165, 1.54) is 12.1 Å². The molecule has 30 heavy (non-hydrogen) atoms. The van der Waals surface area contributed by atoms with Gasteiger partial charge >= 0.3 is 0 Å². The predicted octanol–water partition coefficient (Wildman–Crippen LogP) is 3.55. The first kappa shape index (κ1) is 19.9. The number of benzene rings is 2. The van der Waals surface area contributed by atoms with Gasteiger partial charge in [-0.1, -0.05) is 12.1 Å². The van der Waals surface area contributed by atoms with Gasteiger partial charge < -0.3 is 15.0 Å². The van der Waals surface area contributed by atoms with Gasteiger partial charge in [-0.2, -0.15) is 5.10 Å². The van der Waals surface area contributed by atoms with Crippen molar-refractivity contribution < 1.29 is 13.9 Å². The van der Waals surface area contributed by atoms with Crippen molar-refractivity contribution in [2.75, 3.05) is 25.1 Å². The van der Waals surface area contributed by atoms with Gasteiger partial charge in [-0.25, -0.2) is 4.39 Å². The number of aromatic nitrogens is 2. The molecule has 4 rings (SSSR count). The van der Waals surface area contributed by atoms with E-state index < -0.39 is 0 Å². The van der Waals surface area contributed by atoms with Crippen molar-refractivity contribution in [1.82, 2.24) is 15.5 Å². The third kappa shape index (κ3) is 4.79. The largest absolute Gasteiger partial charge is 0.497 e. The fraction of sp³-hybridized carbons (Fsp3) is 0.304. The molecule has 1 aliphatic heterocycles. The van der Waals surface area contributed by atoms with Crippen molar-refractivity contribution >= 4 is 11.7 Å². The standard InChI is InChI=1S/C23H25FN4O2/c1-30-20-10-4-16(5-11-20)13-23(29)25-19-3-2-12-28(15-19)22-14-21(26-27-22)17-6-8-18(24)9-7-17/h4-11,14,19H,2-3,12-13,15H2,1H3,(H,25,29)(H,26,27). The van der Waals surface area contributed by atoms with Crippen LogP contribution in [-0.2, 0) is 11.2 Å². The molecule has 0 radical (unpaired) electrons. The number of amides is 1. The molecular formula is C23H25FN4O2. The molecule has 0 aliphatic carbocycles. The highest BCUT2D eigenvalue weighted by Crippen LogP contribution is 2.24. The fourth-order valence-corrected chi connectivity index (χ4v) is 3.76. The lowest BCUT2D eigenvalue weighted by Crippen LogP contribution is -2.48. The maximum absolute atomic E-state index is 13.1. The zero-order chi connectivity index (χ0) is 20.9. The summed E-state index contributed by atoms with van der Waals surface area (Å²) in [6, 6.07) is 15.9. The van der Waals surface area contributed by atoms with Crippen LogP contribution < -0.4 is 15.0 Å². The number of H-pyrrole nitrogens is 1. The van der Waals surface area contributed by atoms with Gasteiger partial charge in [-0.05, 0) is 60.4 Å². The van der Waals surface area contributed by atoms with Gasteiger partial charge in [-0.3, -0.25) is 9.89 Å². The van der Waals surface area contributed by atoms with E-state index in [1.807, 2.05) is 30.3 Å². The molecule has 1 saturated heterocycles. The molecule has 0 spiro atoms. The van der Waals surface area contributed by atoms with Crippen LogP contribution in [0.4, 0.5) is 10.2 Å². The van der Waals surface area contributed by atoms with Crippen molar-refractivity contribution in [1.29, 1.82) is 0 Å². The summed E-state index contributed by atoms with van der Waals surface area (Å²) >= 11 is 0. The number of carbonyl (C=O) groups is 1. The van der Waals surface area contributed by atoms with E-state index >= 15 is 0 Å². The molecule has 2 N–H and O–H groups in total. The van der Waals surface area contributed by atoms with Gasteiger partial charge in [0, 0.05) is 25.2 Å². The number of hydrogen-bond acceptors (Lipinski definition) is 4. The summed E-state index contributed by atoms with van der Waals surface area (Å²) < 4.78 is 18.3. The summed E-state index contributed by atoms with van der Waals surface area (Å²) in [6.07, 6.45) is 2.27. The van der Waals surface area contributed by atoms with Crippen molar-refractivity contribution in [3.05, 3.63) is 66.0 Å². The van der Waals surface area contributed by atoms with Crippen LogP contribution >= 0.6 is 0 Å². The first-order valence-electron chi connectivity index (χ1n) is 10.1. The van der Waals surface area contributed by atoms with Gasteiger partial charge in [0.15, 0.2) is 5.82 Å². The first-order valence-corrected chi connectivity index (χ1v) is 10.1. The van der Waals surface area contributed by atoms with Gasteiger partial charge in [0.05, 0.1) is 19.2 Å². The third-order valence-electron chi connectivity index (χ3n) is 5.35. The summed E-state index contributed by atoms with van der Waals surface area (Å²) in [6.45, 7) is 1.60. The second-order valence-corrected chi connectivity index (χ2v) is 7.52. The van der Waals surface area contributed by atoms with Crippen molar-refractivity contribution in [2.45, 2.75) is 25.3 Å². The van der Waals surface area contributed by atoms with Crippen LogP contribution in [-0.4, -0.2) is 42.3 Å². The average molecular weight is 408 g/mol. The first-order chi connectivity index (χ1) is 14.6. The highest BCUT2D eigenvalue weighted by atomic mass is 19.1. The molecule has 1 aliphatic rings. The molecule has 2 aromatic carbocycles. The Balaban J connectivity index is 1.35. The molecule has 1 atom stereocenters. The van der Waals surface area contributed by atoms with Gasteiger partial charge in [-0.15, -0.1) is 0 Å². The Morgan fingerprint density at radius 1 is 1.23 bits per heavy atom. The molecule has 1 aromatic heterocycles. The van der Waals surface area contributed by atoms with Crippen LogP contribution in [0, 0.1) is 5.82 Å². The van der Waals surface area contributed by atoms with Crippen molar-refractivity contribution in [3.63, 3.8) is 0 Å². The Hall–Kier alpha value is -3.35. The summed E-state index contributed by atoms with van der Waals surface area (Å²) in [5.74, 6) is 1.37. The maximum atomic E-state index is 13.1. The van der Waals surface area contributed by atoms with Crippen LogP contribution in [0.25, 0.3) is 11.3 Å². The second kappa shape index (κ2) is 8.98. The Morgan fingerprint density at radius 3 is 2.73 bits per heavy atom. The lowest BCUT2D eigenvalue weighted by atomic mass is 10.0. The Morgan fingerprint density at radius 2 is 2.00 bits per heavy atom. The van der Waals surface area contributed by atoms with E-state index in [2.05, 4.69) is 20.4 Å². The molecule has 1 fully saturated rings. The van der Waals surface area contributed by atoms with Crippen LogP contribution in [0.2, 0.25) is 0 Å². The minimum atomic E-state index is -0.261. The average Bonchev–Trinajstić information content (AvgIpc) is 3.25. The van der Waals surface area contributed by atoms with Crippen molar-refractivity contribution in [2.24, 2.45) is 0 Å². The highest BCUT2D eigenvalue weighted by Gasteiger charge is 2.23. The Bertz CT molecular complexity index is 985. The number of halogens is 1. The zero-order valence-corrected chi connectivity index (χ0v) is 16.9. The number of piperidine rings is 1. The number of anilines is 1. The lowest BCUT2D eigenvalue weighted by molar-refractivity contribution is -0.121. The van der Waals surface area contributed by atoms with Gasteiger partial charge in [0.25, 0.3) is 0 Å². The summed E-state index contributed by atoms with van der Waals surface area (Å²) in [7, 11) is 1.62. The number of carbonyl (C=O) groups excluding carboxylic acids is 1. The van der Waals surface area contributed by atoms with Crippen LogP contribution in [0.5, 0.6) is 5.75 Å². The number of aromatic amines is 1. The predicted molar refractivity (Wildman–Crippen MR) is 114 cm³/mol. The third-order valence-corrected chi connectivity index (χ3v) is 5.35. The molecule has 156 valence electrons.